The summed E-state index contributed by atoms with van der Waals surface area (Å²) in [7, 11) is 0. The first-order valence-corrected chi connectivity index (χ1v) is 9.29. The molecular formula is C18H23N5S. The predicted molar refractivity (Wildman–Crippen MR) is 102 cm³/mol. The molecule has 0 saturated carbocycles. The molecule has 5 nitrogen and oxygen atoms in total. The molecule has 3 aliphatic rings. The van der Waals surface area contributed by atoms with E-state index < -0.39 is 0 Å². The molecule has 0 aromatic carbocycles. The number of hydrogen-bond donors (Lipinski definition) is 2. The number of aromatic nitrogens is 1. The number of piperidine rings is 1. The van der Waals surface area contributed by atoms with Crippen molar-refractivity contribution in [3.05, 3.63) is 53.0 Å². The van der Waals surface area contributed by atoms with Crippen molar-refractivity contribution < 1.29 is 0 Å². The predicted octanol–water partition coefficient (Wildman–Crippen LogP) is 2.53. The smallest absolute Gasteiger partial charge is 0.0878 e. The highest BCUT2D eigenvalue weighted by molar-refractivity contribution is 8.04. The van der Waals surface area contributed by atoms with Gasteiger partial charge in [0.25, 0.3) is 0 Å². The number of thioether (sulfide) groups is 1. The molecule has 2 atom stereocenters. The second-order valence-corrected chi connectivity index (χ2v) is 7.74. The van der Waals surface area contributed by atoms with E-state index >= 15 is 0 Å². The molecule has 4 heterocycles. The Labute approximate surface area is 147 Å². The molecule has 1 aromatic heterocycles. The lowest BCUT2D eigenvalue weighted by molar-refractivity contribution is 0.506. The molecule has 0 amide bonds. The fourth-order valence-corrected chi connectivity index (χ4v) is 4.53. The SMILES string of the molecule is CC1=CC=C2SC(N)C=C2N1c1cnccc1N1CCCC(N)C1. The van der Waals surface area contributed by atoms with Crippen LogP contribution in [0.2, 0.25) is 0 Å². The molecule has 0 radical (unpaired) electrons. The Morgan fingerprint density at radius 2 is 2.12 bits per heavy atom. The van der Waals surface area contributed by atoms with Crippen molar-refractivity contribution in [2.75, 3.05) is 22.9 Å². The highest BCUT2D eigenvalue weighted by atomic mass is 32.2. The van der Waals surface area contributed by atoms with Crippen molar-refractivity contribution in [3.8, 4) is 0 Å². The van der Waals surface area contributed by atoms with E-state index in [9.17, 15) is 0 Å². The highest BCUT2D eigenvalue weighted by Crippen LogP contribution is 2.45. The third-order valence-electron chi connectivity index (χ3n) is 4.72. The summed E-state index contributed by atoms with van der Waals surface area (Å²) in [6, 6.07) is 2.34. The number of anilines is 2. The van der Waals surface area contributed by atoms with Gasteiger partial charge in [-0.05, 0) is 44.1 Å². The van der Waals surface area contributed by atoms with Gasteiger partial charge in [-0.25, -0.2) is 0 Å². The molecule has 4 N–H and O–H groups in total. The Balaban J connectivity index is 1.75. The minimum absolute atomic E-state index is 0.0107. The lowest BCUT2D eigenvalue weighted by Gasteiger charge is -2.37. The van der Waals surface area contributed by atoms with Crippen LogP contribution in [0.5, 0.6) is 0 Å². The lowest BCUT2D eigenvalue weighted by atomic mass is 10.1. The Kier molecular flexibility index (Phi) is 4.12. The maximum atomic E-state index is 6.20. The van der Waals surface area contributed by atoms with Crippen LogP contribution in [0.15, 0.2) is 53.0 Å². The van der Waals surface area contributed by atoms with Gasteiger partial charge < -0.3 is 21.3 Å². The van der Waals surface area contributed by atoms with Gasteiger partial charge in [0.2, 0.25) is 0 Å². The Bertz CT molecular complexity index is 739. The standard InChI is InChI=1S/C18H23N5S/c1-12-4-5-17-15(9-18(20)24-17)23(12)16-10-21-7-6-14(16)22-8-2-3-13(19)11-22/h4-7,9-10,13,18H,2-3,8,11,19-20H2,1H3. The van der Waals surface area contributed by atoms with Crippen LogP contribution in [-0.2, 0) is 0 Å². The zero-order valence-corrected chi connectivity index (χ0v) is 14.7. The van der Waals surface area contributed by atoms with Crippen LogP contribution < -0.4 is 21.3 Å². The molecule has 24 heavy (non-hydrogen) atoms. The number of hydrogen-bond acceptors (Lipinski definition) is 6. The minimum Gasteiger partial charge on any atom is -0.368 e. The topological polar surface area (TPSA) is 71.4 Å². The van der Waals surface area contributed by atoms with Crippen molar-refractivity contribution in [1.82, 2.24) is 4.98 Å². The maximum absolute atomic E-state index is 6.20. The molecule has 0 spiro atoms. The molecular weight excluding hydrogens is 318 g/mol. The van der Waals surface area contributed by atoms with Gasteiger partial charge in [-0.3, -0.25) is 4.98 Å². The number of pyridine rings is 1. The van der Waals surface area contributed by atoms with Crippen LogP contribution in [0.25, 0.3) is 0 Å². The van der Waals surface area contributed by atoms with Crippen LogP contribution in [0, 0.1) is 0 Å². The van der Waals surface area contributed by atoms with Gasteiger partial charge in [-0.1, -0.05) is 0 Å². The summed E-state index contributed by atoms with van der Waals surface area (Å²) in [5.74, 6) is 0. The number of nitrogens with two attached hydrogens (primary N) is 2. The quantitative estimate of drug-likeness (QED) is 0.861. The summed E-state index contributed by atoms with van der Waals surface area (Å²) in [6.07, 6.45) is 12.5. The van der Waals surface area contributed by atoms with E-state index in [0.717, 1.165) is 31.6 Å². The van der Waals surface area contributed by atoms with Crippen LogP contribution in [-0.4, -0.2) is 29.5 Å². The highest BCUT2D eigenvalue weighted by Gasteiger charge is 2.30. The molecule has 4 rings (SSSR count). The van der Waals surface area contributed by atoms with Gasteiger partial charge in [0.05, 0.1) is 28.6 Å². The van der Waals surface area contributed by atoms with Crippen LogP contribution >= 0.6 is 11.8 Å². The molecule has 2 unspecified atom stereocenters. The summed E-state index contributed by atoms with van der Waals surface area (Å²) in [5, 5.41) is 0.0107. The van der Waals surface area contributed by atoms with Gasteiger partial charge in [0, 0.05) is 35.9 Å². The second kappa shape index (κ2) is 6.27. The first-order valence-electron chi connectivity index (χ1n) is 8.41. The van der Waals surface area contributed by atoms with Crippen LogP contribution in [0.4, 0.5) is 11.4 Å². The van der Waals surface area contributed by atoms with Crippen molar-refractivity contribution >= 4 is 23.1 Å². The Morgan fingerprint density at radius 3 is 2.96 bits per heavy atom. The molecule has 0 aliphatic carbocycles. The maximum Gasteiger partial charge on any atom is 0.0878 e. The molecule has 1 fully saturated rings. The van der Waals surface area contributed by atoms with E-state index in [0.29, 0.717) is 0 Å². The largest absolute Gasteiger partial charge is 0.368 e. The Hall–Kier alpha value is -1.76. The second-order valence-electron chi connectivity index (χ2n) is 6.52. The van der Waals surface area contributed by atoms with E-state index in [-0.39, 0.29) is 11.4 Å². The average molecular weight is 341 g/mol. The van der Waals surface area contributed by atoms with Crippen molar-refractivity contribution in [1.29, 1.82) is 0 Å². The summed E-state index contributed by atoms with van der Waals surface area (Å²) >= 11 is 1.70. The first kappa shape index (κ1) is 15.7. The average Bonchev–Trinajstić information content (AvgIpc) is 2.95. The van der Waals surface area contributed by atoms with E-state index in [1.54, 1.807) is 11.8 Å². The number of rotatable bonds is 2. The molecule has 3 aliphatic heterocycles. The lowest BCUT2D eigenvalue weighted by Crippen LogP contribution is -2.43. The fraction of sp³-hybridized carbons (Fsp3) is 0.389. The third-order valence-corrected chi connectivity index (χ3v) is 5.73. The normalized spacial score (nSPS) is 26.7. The van der Waals surface area contributed by atoms with E-state index in [4.69, 9.17) is 11.5 Å². The first-order chi connectivity index (χ1) is 11.6. The zero-order chi connectivity index (χ0) is 16.7. The summed E-state index contributed by atoms with van der Waals surface area (Å²) in [4.78, 5) is 10.3. The summed E-state index contributed by atoms with van der Waals surface area (Å²) < 4.78 is 0. The summed E-state index contributed by atoms with van der Waals surface area (Å²) in [6.45, 7) is 4.06. The van der Waals surface area contributed by atoms with Gasteiger partial charge in [0.1, 0.15) is 0 Å². The number of fused-ring (bicyclic) bond motifs is 1. The number of allylic oxidation sites excluding steroid dienone is 3. The van der Waals surface area contributed by atoms with Gasteiger partial charge in [-0.15, -0.1) is 11.8 Å². The minimum atomic E-state index is 0.0107. The van der Waals surface area contributed by atoms with Gasteiger partial charge in [0.15, 0.2) is 0 Å². The van der Waals surface area contributed by atoms with E-state index in [1.807, 2.05) is 12.4 Å². The zero-order valence-electron chi connectivity index (χ0n) is 13.9. The van der Waals surface area contributed by atoms with Crippen LogP contribution in [0.1, 0.15) is 19.8 Å². The van der Waals surface area contributed by atoms with Gasteiger partial charge in [-0.2, -0.15) is 0 Å². The Morgan fingerprint density at radius 1 is 1.25 bits per heavy atom. The van der Waals surface area contributed by atoms with Crippen molar-refractivity contribution in [3.63, 3.8) is 0 Å². The number of nitrogens with zero attached hydrogens (tertiary/aromatic N) is 3. The van der Waals surface area contributed by atoms with Crippen LogP contribution in [0.3, 0.4) is 0 Å². The van der Waals surface area contributed by atoms with Gasteiger partial charge >= 0.3 is 0 Å². The van der Waals surface area contributed by atoms with E-state index in [1.165, 1.54) is 22.0 Å². The molecule has 1 aromatic rings. The molecule has 0 bridgehead atoms. The van der Waals surface area contributed by atoms with Crippen molar-refractivity contribution in [2.24, 2.45) is 11.5 Å². The third kappa shape index (κ3) is 2.75. The molecule has 126 valence electrons. The van der Waals surface area contributed by atoms with E-state index in [2.05, 4.69) is 46.0 Å². The molecule has 1 saturated heterocycles. The fourth-order valence-electron chi connectivity index (χ4n) is 3.62. The monoisotopic (exact) mass is 341 g/mol. The van der Waals surface area contributed by atoms with Crippen molar-refractivity contribution in [2.45, 2.75) is 31.2 Å². The summed E-state index contributed by atoms with van der Waals surface area (Å²) in [5.41, 5.74) is 17.0. The molecule has 6 heteroatoms.